The smallest absolute Gasteiger partial charge is 0.222 e. The summed E-state index contributed by atoms with van der Waals surface area (Å²) in [6.45, 7) is 2.88. The molecule has 6 heteroatoms. The van der Waals surface area contributed by atoms with Crippen LogP contribution in [0.15, 0.2) is 65.8 Å². The highest BCUT2D eigenvalue weighted by Gasteiger charge is 2.19. The number of nitrogens with one attached hydrogen (secondary N) is 2. The van der Waals surface area contributed by atoms with E-state index in [9.17, 15) is 4.79 Å². The second-order valence-corrected chi connectivity index (χ2v) is 7.51. The van der Waals surface area contributed by atoms with E-state index in [1.807, 2.05) is 41.4 Å². The normalized spacial score (nSPS) is 14.4. The van der Waals surface area contributed by atoms with Crippen LogP contribution in [-0.4, -0.2) is 35.3 Å². The number of hydrogen-bond acceptors (Lipinski definition) is 3. The van der Waals surface area contributed by atoms with E-state index >= 15 is 0 Å². The monoisotopic (exact) mass is 401 g/mol. The fourth-order valence-corrected chi connectivity index (χ4v) is 3.82. The van der Waals surface area contributed by atoms with Crippen LogP contribution in [0, 0.1) is 0 Å². The first kappa shape index (κ1) is 19.9. The molecule has 2 N–H and O–H groups in total. The molecule has 0 bridgehead atoms. The summed E-state index contributed by atoms with van der Waals surface area (Å²) in [4.78, 5) is 22.6. The molecule has 1 aliphatic rings. The number of pyridine rings is 1. The zero-order valence-electron chi connectivity index (χ0n) is 17.3. The minimum Gasteiger partial charge on any atom is -0.352 e. The van der Waals surface area contributed by atoms with E-state index in [1.54, 1.807) is 7.05 Å². The third kappa shape index (κ3) is 4.76. The quantitative estimate of drug-likeness (QED) is 0.492. The Hall–Kier alpha value is -3.41. The molecule has 1 aliphatic heterocycles. The second-order valence-electron chi connectivity index (χ2n) is 7.51. The Morgan fingerprint density at radius 2 is 1.90 bits per heavy atom. The molecule has 0 spiro atoms. The lowest BCUT2D eigenvalue weighted by Crippen LogP contribution is -2.36. The molecule has 0 unspecified atom stereocenters. The first-order chi connectivity index (χ1) is 14.7. The van der Waals surface area contributed by atoms with Gasteiger partial charge in [0.25, 0.3) is 0 Å². The maximum absolute atomic E-state index is 11.9. The lowest BCUT2D eigenvalue weighted by molar-refractivity contribution is -0.128. The van der Waals surface area contributed by atoms with Gasteiger partial charge >= 0.3 is 0 Å². The van der Waals surface area contributed by atoms with Crippen LogP contribution in [0.2, 0.25) is 0 Å². The number of fused-ring (bicyclic) bond motifs is 1. The Labute approximate surface area is 177 Å². The van der Waals surface area contributed by atoms with Crippen LogP contribution in [0.1, 0.15) is 29.5 Å². The summed E-state index contributed by atoms with van der Waals surface area (Å²) < 4.78 is 0. The van der Waals surface area contributed by atoms with Crippen molar-refractivity contribution in [2.75, 3.05) is 13.6 Å². The topological polar surface area (TPSA) is 69.6 Å². The zero-order valence-corrected chi connectivity index (χ0v) is 17.3. The third-order valence-electron chi connectivity index (χ3n) is 5.41. The van der Waals surface area contributed by atoms with Crippen LogP contribution < -0.4 is 10.6 Å². The molecule has 30 heavy (non-hydrogen) atoms. The van der Waals surface area contributed by atoms with Crippen LogP contribution in [-0.2, 0) is 24.4 Å². The molecule has 0 aliphatic carbocycles. The van der Waals surface area contributed by atoms with Crippen molar-refractivity contribution in [1.29, 1.82) is 0 Å². The molecule has 0 saturated carbocycles. The van der Waals surface area contributed by atoms with Crippen molar-refractivity contribution in [1.82, 2.24) is 20.5 Å². The van der Waals surface area contributed by atoms with Gasteiger partial charge in [-0.05, 0) is 35.2 Å². The van der Waals surface area contributed by atoms with Gasteiger partial charge in [0.1, 0.15) is 0 Å². The number of aliphatic imine (C=N–C) groups is 1. The molecule has 1 aromatic heterocycles. The highest BCUT2D eigenvalue weighted by Crippen LogP contribution is 2.16. The largest absolute Gasteiger partial charge is 0.352 e. The molecule has 6 nitrogen and oxygen atoms in total. The van der Waals surface area contributed by atoms with Crippen molar-refractivity contribution < 1.29 is 4.79 Å². The van der Waals surface area contributed by atoms with Crippen molar-refractivity contribution in [3.8, 4) is 0 Å². The van der Waals surface area contributed by atoms with Crippen molar-refractivity contribution >= 4 is 22.8 Å². The average molecular weight is 402 g/mol. The van der Waals surface area contributed by atoms with Gasteiger partial charge in [0.05, 0.1) is 5.52 Å². The maximum atomic E-state index is 11.9. The zero-order chi connectivity index (χ0) is 20.8. The van der Waals surface area contributed by atoms with Gasteiger partial charge in [-0.3, -0.25) is 14.8 Å². The summed E-state index contributed by atoms with van der Waals surface area (Å²) in [5.74, 6) is 1.00. The molecule has 0 radical (unpaired) electrons. The number of benzene rings is 2. The Kier molecular flexibility index (Phi) is 6.23. The molecule has 4 rings (SSSR count). The number of aromatic nitrogens is 1. The van der Waals surface area contributed by atoms with E-state index < -0.39 is 0 Å². The van der Waals surface area contributed by atoms with Crippen LogP contribution in [0.25, 0.3) is 10.9 Å². The molecule has 1 fully saturated rings. The van der Waals surface area contributed by atoms with Crippen LogP contribution >= 0.6 is 0 Å². The van der Waals surface area contributed by atoms with Crippen molar-refractivity contribution in [3.05, 3.63) is 77.5 Å². The lowest BCUT2D eigenvalue weighted by Gasteiger charge is -2.17. The second kappa shape index (κ2) is 9.39. The van der Waals surface area contributed by atoms with Crippen LogP contribution in [0.4, 0.5) is 0 Å². The summed E-state index contributed by atoms with van der Waals surface area (Å²) in [6, 6.07) is 18.5. The van der Waals surface area contributed by atoms with Gasteiger partial charge in [-0.25, -0.2) is 0 Å². The molecule has 1 amide bonds. The number of para-hydroxylation sites is 1. The van der Waals surface area contributed by atoms with Gasteiger partial charge in [0, 0.05) is 51.2 Å². The van der Waals surface area contributed by atoms with Crippen LogP contribution in [0.3, 0.4) is 0 Å². The third-order valence-corrected chi connectivity index (χ3v) is 5.41. The van der Waals surface area contributed by atoms with E-state index in [1.165, 1.54) is 5.56 Å². The molecular weight excluding hydrogens is 374 g/mol. The van der Waals surface area contributed by atoms with E-state index in [4.69, 9.17) is 0 Å². The molecule has 3 aromatic rings. The first-order valence-corrected chi connectivity index (χ1v) is 10.4. The average Bonchev–Trinajstić information content (AvgIpc) is 3.18. The number of guanidine groups is 1. The molecule has 0 atom stereocenters. The van der Waals surface area contributed by atoms with Gasteiger partial charge in [0.15, 0.2) is 5.96 Å². The molecule has 1 saturated heterocycles. The number of likely N-dealkylation sites (tertiary alicyclic amines) is 1. The number of carbonyl (C=O) groups excluding carboxylic acids is 1. The summed E-state index contributed by atoms with van der Waals surface area (Å²) >= 11 is 0. The first-order valence-electron chi connectivity index (χ1n) is 10.4. The number of nitrogens with zero attached hydrogens (tertiary/aromatic N) is 3. The molecule has 154 valence electrons. The molecular formula is C24H27N5O. The van der Waals surface area contributed by atoms with Gasteiger partial charge in [-0.15, -0.1) is 0 Å². The summed E-state index contributed by atoms with van der Waals surface area (Å²) in [5.41, 5.74) is 4.50. The number of rotatable bonds is 6. The Morgan fingerprint density at radius 3 is 2.73 bits per heavy atom. The Morgan fingerprint density at radius 1 is 1.07 bits per heavy atom. The summed E-state index contributed by atoms with van der Waals surface area (Å²) in [6.07, 6.45) is 3.48. The minimum atomic E-state index is 0.256. The maximum Gasteiger partial charge on any atom is 0.222 e. The highest BCUT2D eigenvalue weighted by atomic mass is 16.2. The fourth-order valence-electron chi connectivity index (χ4n) is 3.82. The SMILES string of the molecule is CN=C(NCc1cccc(CN2CCCC2=O)c1)NCc1ccnc2ccccc12. The molecule has 2 aromatic carbocycles. The van der Waals surface area contributed by atoms with Gasteiger partial charge in [-0.1, -0.05) is 42.5 Å². The van der Waals surface area contributed by atoms with E-state index in [0.717, 1.165) is 41.0 Å². The van der Waals surface area contributed by atoms with Crippen molar-refractivity contribution in [3.63, 3.8) is 0 Å². The van der Waals surface area contributed by atoms with E-state index in [0.29, 0.717) is 26.1 Å². The molecule has 2 heterocycles. The Balaban J connectivity index is 1.34. The van der Waals surface area contributed by atoms with Crippen molar-refractivity contribution in [2.45, 2.75) is 32.5 Å². The predicted molar refractivity (Wildman–Crippen MR) is 120 cm³/mol. The summed E-state index contributed by atoms with van der Waals surface area (Å²) in [5, 5.41) is 7.91. The number of carbonyl (C=O) groups is 1. The standard InChI is InChI=1S/C24H27N5O/c1-25-24(28-16-20-11-12-26-22-9-3-2-8-21(20)22)27-15-18-6-4-7-19(14-18)17-29-13-5-10-23(29)30/h2-4,6-9,11-12,14H,5,10,13,15-17H2,1H3,(H2,25,27,28). The van der Waals surface area contributed by atoms with Gasteiger partial charge in [-0.2, -0.15) is 0 Å². The van der Waals surface area contributed by atoms with E-state index in [-0.39, 0.29) is 5.91 Å². The number of hydrogen-bond donors (Lipinski definition) is 2. The van der Waals surface area contributed by atoms with Crippen molar-refractivity contribution in [2.24, 2.45) is 4.99 Å². The fraction of sp³-hybridized carbons (Fsp3) is 0.292. The minimum absolute atomic E-state index is 0.256. The van der Waals surface area contributed by atoms with Gasteiger partial charge in [0.2, 0.25) is 5.91 Å². The summed E-state index contributed by atoms with van der Waals surface area (Å²) in [7, 11) is 1.77. The van der Waals surface area contributed by atoms with Gasteiger partial charge < -0.3 is 15.5 Å². The number of amides is 1. The predicted octanol–water partition coefficient (Wildman–Crippen LogP) is 3.22. The highest BCUT2D eigenvalue weighted by molar-refractivity contribution is 5.83. The lowest BCUT2D eigenvalue weighted by atomic mass is 10.1. The van der Waals surface area contributed by atoms with E-state index in [2.05, 4.69) is 44.9 Å². The Bertz CT molecular complexity index is 1060. The van der Waals surface area contributed by atoms with Crippen LogP contribution in [0.5, 0.6) is 0 Å².